The molecule has 0 bridgehead atoms. The molecule has 3 aromatic heterocycles. The van der Waals surface area contributed by atoms with Gasteiger partial charge >= 0.3 is 0 Å². The molecule has 4 rings (SSSR count). The normalized spacial score (nSPS) is 17.4. The number of pyridine rings is 1. The third kappa shape index (κ3) is 3.28. The SMILES string of the molecule is Cc1ccc(-c2[nH]ncc2CNC2CCN(c3ncccc3F)C2)o1. The van der Waals surface area contributed by atoms with E-state index < -0.39 is 0 Å². The summed E-state index contributed by atoms with van der Waals surface area (Å²) in [6.07, 6.45) is 4.39. The van der Waals surface area contributed by atoms with Crippen molar-refractivity contribution in [1.29, 1.82) is 0 Å². The fourth-order valence-electron chi connectivity index (χ4n) is 3.21. The van der Waals surface area contributed by atoms with Crippen LogP contribution in [-0.2, 0) is 6.54 Å². The maximum atomic E-state index is 13.9. The molecule has 1 fully saturated rings. The lowest BCUT2D eigenvalue weighted by atomic mass is 10.2. The molecule has 0 radical (unpaired) electrons. The number of aryl methyl sites for hydroxylation is 1. The van der Waals surface area contributed by atoms with Gasteiger partial charge in [-0.25, -0.2) is 9.37 Å². The van der Waals surface area contributed by atoms with E-state index >= 15 is 0 Å². The van der Waals surface area contributed by atoms with Crippen molar-refractivity contribution in [3.8, 4) is 11.5 Å². The summed E-state index contributed by atoms with van der Waals surface area (Å²) in [6, 6.07) is 7.22. The summed E-state index contributed by atoms with van der Waals surface area (Å²) in [6.45, 7) is 4.12. The highest BCUT2D eigenvalue weighted by molar-refractivity contribution is 5.56. The zero-order valence-electron chi connectivity index (χ0n) is 14.0. The Bertz CT molecular complexity index is 859. The average molecular weight is 341 g/mol. The number of nitrogens with one attached hydrogen (secondary N) is 2. The van der Waals surface area contributed by atoms with Gasteiger partial charge in [0.2, 0.25) is 0 Å². The number of rotatable bonds is 5. The molecular weight excluding hydrogens is 321 g/mol. The van der Waals surface area contributed by atoms with Crippen LogP contribution in [0.1, 0.15) is 17.7 Å². The molecule has 1 saturated heterocycles. The fraction of sp³-hybridized carbons (Fsp3) is 0.333. The Morgan fingerprint density at radius 2 is 2.32 bits per heavy atom. The largest absolute Gasteiger partial charge is 0.460 e. The van der Waals surface area contributed by atoms with Crippen molar-refractivity contribution in [2.75, 3.05) is 18.0 Å². The molecule has 0 aromatic carbocycles. The Morgan fingerprint density at radius 3 is 3.12 bits per heavy atom. The molecular formula is C18H20FN5O. The zero-order valence-corrected chi connectivity index (χ0v) is 14.0. The second-order valence-electron chi connectivity index (χ2n) is 6.30. The van der Waals surface area contributed by atoms with Crippen LogP contribution in [-0.4, -0.2) is 34.3 Å². The molecule has 1 aliphatic rings. The van der Waals surface area contributed by atoms with Crippen molar-refractivity contribution >= 4 is 5.82 Å². The number of aromatic nitrogens is 3. The van der Waals surface area contributed by atoms with Crippen LogP contribution >= 0.6 is 0 Å². The number of hydrogen-bond acceptors (Lipinski definition) is 5. The Labute approximate surface area is 145 Å². The lowest BCUT2D eigenvalue weighted by molar-refractivity contribution is 0.538. The highest BCUT2D eigenvalue weighted by Crippen LogP contribution is 2.24. The van der Waals surface area contributed by atoms with E-state index in [2.05, 4.69) is 20.5 Å². The van der Waals surface area contributed by atoms with Crippen molar-refractivity contribution in [3.05, 3.63) is 53.8 Å². The summed E-state index contributed by atoms with van der Waals surface area (Å²) >= 11 is 0. The second-order valence-corrected chi connectivity index (χ2v) is 6.30. The fourth-order valence-corrected chi connectivity index (χ4v) is 3.21. The van der Waals surface area contributed by atoms with Crippen LogP contribution in [0.25, 0.3) is 11.5 Å². The molecule has 2 N–H and O–H groups in total. The first-order valence-corrected chi connectivity index (χ1v) is 8.38. The number of nitrogens with zero attached hydrogens (tertiary/aromatic N) is 3. The smallest absolute Gasteiger partial charge is 0.165 e. The Kier molecular flexibility index (Phi) is 4.23. The van der Waals surface area contributed by atoms with Gasteiger partial charge in [-0.2, -0.15) is 5.10 Å². The summed E-state index contributed by atoms with van der Waals surface area (Å²) < 4.78 is 19.5. The molecule has 130 valence electrons. The molecule has 0 saturated carbocycles. The maximum absolute atomic E-state index is 13.9. The number of furan rings is 1. The number of hydrogen-bond donors (Lipinski definition) is 2. The predicted molar refractivity (Wildman–Crippen MR) is 92.7 cm³/mol. The van der Waals surface area contributed by atoms with Crippen LogP contribution in [0.15, 0.2) is 41.1 Å². The molecule has 6 nitrogen and oxygen atoms in total. The van der Waals surface area contributed by atoms with E-state index in [4.69, 9.17) is 4.42 Å². The standard InChI is InChI=1S/C18H20FN5O/c1-12-4-5-16(25-12)17-13(10-22-23-17)9-21-14-6-8-24(11-14)18-15(19)3-2-7-20-18/h2-5,7,10,14,21H,6,8-9,11H2,1H3,(H,22,23). The zero-order chi connectivity index (χ0) is 17.2. The van der Waals surface area contributed by atoms with Crippen molar-refractivity contribution in [1.82, 2.24) is 20.5 Å². The van der Waals surface area contributed by atoms with Gasteiger partial charge in [-0.15, -0.1) is 0 Å². The van der Waals surface area contributed by atoms with Gasteiger partial charge in [-0.1, -0.05) is 0 Å². The van der Waals surface area contributed by atoms with Crippen molar-refractivity contribution < 1.29 is 8.81 Å². The van der Waals surface area contributed by atoms with Gasteiger partial charge in [0.1, 0.15) is 11.5 Å². The van der Waals surface area contributed by atoms with Gasteiger partial charge in [0.05, 0.1) is 6.20 Å². The van der Waals surface area contributed by atoms with E-state index in [-0.39, 0.29) is 11.9 Å². The van der Waals surface area contributed by atoms with E-state index in [1.165, 1.54) is 6.07 Å². The van der Waals surface area contributed by atoms with Crippen LogP contribution in [0, 0.1) is 12.7 Å². The van der Waals surface area contributed by atoms with Crippen molar-refractivity contribution in [2.45, 2.75) is 25.9 Å². The molecule has 25 heavy (non-hydrogen) atoms. The molecule has 0 amide bonds. The molecule has 4 heterocycles. The summed E-state index contributed by atoms with van der Waals surface area (Å²) in [5.74, 6) is 1.82. The minimum atomic E-state index is -0.270. The van der Waals surface area contributed by atoms with Crippen LogP contribution in [0.5, 0.6) is 0 Å². The molecule has 3 aromatic rings. The van der Waals surface area contributed by atoms with Crippen LogP contribution < -0.4 is 10.2 Å². The summed E-state index contributed by atoms with van der Waals surface area (Å²) in [7, 11) is 0. The van der Waals surface area contributed by atoms with E-state index in [1.807, 2.05) is 30.2 Å². The highest BCUT2D eigenvalue weighted by atomic mass is 19.1. The van der Waals surface area contributed by atoms with Crippen LogP contribution in [0.4, 0.5) is 10.2 Å². The van der Waals surface area contributed by atoms with Crippen LogP contribution in [0.2, 0.25) is 0 Å². The first-order valence-electron chi connectivity index (χ1n) is 8.38. The Hall–Kier alpha value is -2.67. The third-order valence-corrected chi connectivity index (χ3v) is 4.51. The van der Waals surface area contributed by atoms with Crippen molar-refractivity contribution in [3.63, 3.8) is 0 Å². The van der Waals surface area contributed by atoms with Crippen molar-refractivity contribution in [2.24, 2.45) is 0 Å². The quantitative estimate of drug-likeness (QED) is 0.747. The molecule has 1 atom stereocenters. The molecule has 7 heteroatoms. The van der Waals surface area contributed by atoms with Gasteiger partial charge < -0.3 is 14.6 Å². The number of aromatic amines is 1. The second kappa shape index (κ2) is 6.68. The Morgan fingerprint density at radius 1 is 1.40 bits per heavy atom. The first kappa shape index (κ1) is 15.8. The average Bonchev–Trinajstić information content (AvgIpc) is 3.33. The molecule has 0 aliphatic carbocycles. The summed E-state index contributed by atoms with van der Waals surface area (Å²) in [5.41, 5.74) is 1.95. The van der Waals surface area contributed by atoms with Gasteiger partial charge in [0.15, 0.2) is 17.4 Å². The number of H-pyrrole nitrogens is 1. The maximum Gasteiger partial charge on any atom is 0.165 e. The lowest BCUT2D eigenvalue weighted by Gasteiger charge is -2.18. The molecule has 1 aliphatic heterocycles. The minimum absolute atomic E-state index is 0.270. The van der Waals surface area contributed by atoms with Gasteiger partial charge in [0.25, 0.3) is 0 Å². The lowest BCUT2D eigenvalue weighted by Crippen LogP contribution is -2.32. The summed E-state index contributed by atoms with van der Waals surface area (Å²) in [5, 5.41) is 10.7. The van der Waals surface area contributed by atoms with Gasteiger partial charge in [-0.05, 0) is 37.6 Å². The van der Waals surface area contributed by atoms with E-state index in [0.717, 1.165) is 42.3 Å². The third-order valence-electron chi connectivity index (χ3n) is 4.51. The minimum Gasteiger partial charge on any atom is -0.460 e. The number of anilines is 1. The van der Waals surface area contributed by atoms with Gasteiger partial charge in [0, 0.05) is 37.4 Å². The van der Waals surface area contributed by atoms with E-state index in [9.17, 15) is 4.39 Å². The monoisotopic (exact) mass is 341 g/mol. The molecule has 0 spiro atoms. The molecule has 1 unspecified atom stereocenters. The predicted octanol–water partition coefficient (Wildman–Crippen LogP) is 2.88. The summed E-state index contributed by atoms with van der Waals surface area (Å²) in [4.78, 5) is 6.14. The van der Waals surface area contributed by atoms with Crippen LogP contribution in [0.3, 0.4) is 0 Å². The number of halogens is 1. The first-order chi connectivity index (χ1) is 12.2. The highest BCUT2D eigenvalue weighted by Gasteiger charge is 2.25. The Balaban J connectivity index is 1.39. The van der Waals surface area contributed by atoms with E-state index in [0.29, 0.717) is 12.4 Å². The topological polar surface area (TPSA) is 70.0 Å². The van der Waals surface area contributed by atoms with Gasteiger partial charge in [-0.3, -0.25) is 5.10 Å². The van der Waals surface area contributed by atoms with E-state index in [1.54, 1.807) is 12.3 Å².